The lowest BCUT2D eigenvalue weighted by Crippen LogP contribution is -1.91. The van der Waals surface area contributed by atoms with Crippen LogP contribution in [0.3, 0.4) is 0 Å². The summed E-state index contributed by atoms with van der Waals surface area (Å²) < 4.78 is 13.6. The van der Waals surface area contributed by atoms with Crippen LogP contribution in [0, 0.1) is 9.39 Å². The van der Waals surface area contributed by atoms with Crippen molar-refractivity contribution >= 4 is 45.8 Å². The lowest BCUT2D eigenvalue weighted by Gasteiger charge is -2.06. The second kappa shape index (κ2) is 4.11. The van der Waals surface area contributed by atoms with Crippen molar-refractivity contribution in [2.45, 2.75) is 13.3 Å². The number of benzene rings is 1. The van der Waals surface area contributed by atoms with Crippen molar-refractivity contribution in [1.29, 1.82) is 0 Å². The maximum atomic E-state index is 13.2. The summed E-state index contributed by atoms with van der Waals surface area (Å²) in [6.07, 6.45) is 0.644. The van der Waals surface area contributed by atoms with Gasteiger partial charge in [-0.1, -0.05) is 30.1 Å². The first kappa shape index (κ1) is 10.5. The normalized spacial score (nSPS) is 10.4. The van der Waals surface area contributed by atoms with Gasteiger partial charge in [-0.25, -0.2) is 4.39 Å². The summed E-state index contributed by atoms with van der Waals surface area (Å²) in [6.45, 7) is 1.89. The van der Waals surface area contributed by atoms with E-state index in [1.807, 2.05) is 29.5 Å². The molecule has 1 rings (SSSR count). The molecule has 0 radical (unpaired) electrons. The molecule has 4 heteroatoms. The van der Waals surface area contributed by atoms with E-state index in [-0.39, 0.29) is 10.8 Å². The van der Waals surface area contributed by atoms with Crippen LogP contribution in [0.2, 0.25) is 10.0 Å². The quantitative estimate of drug-likeness (QED) is 0.411. The van der Waals surface area contributed by atoms with Crippen molar-refractivity contribution in [3.05, 3.63) is 31.1 Å². The van der Waals surface area contributed by atoms with Crippen LogP contribution in [0.5, 0.6) is 0 Å². The minimum Gasteiger partial charge on any atom is -0.204 e. The lowest BCUT2D eigenvalue weighted by molar-refractivity contribution is 0.618. The third-order valence-electron chi connectivity index (χ3n) is 1.56. The van der Waals surface area contributed by atoms with E-state index in [0.29, 0.717) is 20.6 Å². The van der Waals surface area contributed by atoms with Crippen LogP contribution < -0.4 is 0 Å². The SMILES string of the molecule is CCc1c(Cl)cc(I)c(F)c1Cl. The first-order chi connectivity index (χ1) is 5.57. The molecule has 0 aliphatic heterocycles. The van der Waals surface area contributed by atoms with Crippen molar-refractivity contribution in [2.75, 3.05) is 0 Å². The van der Waals surface area contributed by atoms with Gasteiger partial charge in [-0.2, -0.15) is 0 Å². The molecule has 0 aliphatic carbocycles. The van der Waals surface area contributed by atoms with Gasteiger partial charge < -0.3 is 0 Å². The highest BCUT2D eigenvalue weighted by molar-refractivity contribution is 14.1. The largest absolute Gasteiger partial charge is 0.204 e. The molecule has 0 N–H and O–H groups in total. The zero-order valence-corrected chi connectivity index (χ0v) is 9.97. The van der Waals surface area contributed by atoms with Crippen molar-refractivity contribution in [3.63, 3.8) is 0 Å². The van der Waals surface area contributed by atoms with Gasteiger partial charge in [0.25, 0.3) is 0 Å². The highest BCUT2D eigenvalue weighted by atomic mass is 127. The molecule has 0 nitrogen and oxygen atoms in total. The van der Waals surface area contributed by atoms with Gasteiger partial charge in [0.1, 0.15) is 0 Å². The molecule has 0 bridgehead atoms. The first-order valence-corrected chi connectivity index (χ1v) is 5.23. The van der Waals surface area contributed by atoms with E-state index in [0.717, 1.165) is 0 Å². The Morgan fingerprint density at radius 2 is 2.08 bits per heavy atom. The Kier molecular flexibility index (Phi) is 3.61. The predicted octanol–water partition coefficient (Wildman–Crippen LogP) is 4.30. The average Bonchev–Trinajstić information content (AvgIpc) is 2.01. The Hall–Kier alpha value is 0.460. The Bertz CT molecular complexity index is 312. The summed E-state index contributed by atoms with van der Waals surface area (Å²) in [7, 11) is 0. The zero-order chi connectivity index (χ0) is 9.30. The van der Waals surface area contributed by atoms with Crippen molar-refractivity contribution in [3.8, 4) is 0 Å². The number of halogens is 4. The van der Waals surface area contributed by atoms with E-state index in [9.17, 15) is 4.39 Å². The second-order valence-corrected chi connectivity index (χ2v) is 4.25. The molecule has 0 spiro atoms. The molecule has 0 saturated heterocycles. The van der Waals surface area contributed by atoms with Crippen LogP contribution in [-0.4, -0.2) is 0 Å². The molecule has 12 heavy (non-hydrogen) atoms. The predicted molar refractivity (Wildman–Crippen MR) is 58.5 cm³/mol. The summed E-state index contributed by atoms with van der Waals surface area (Å²) in [4.78, 5) is 0. The van der Waals surface area contributed by atoms with E-state index in [1.165, 1.54) is 0 Å². The molecule has 0 aliphatic rings. The molecule has 0 amide bonds. The molecule has 0 fully saturated rings. The minimum absolute atomic E-state index is 0.148. The van der Waals surface area contributed by atoms with Gasteiger partial charge in [0.05, 0.1) is 8.59 Å². The number of hydrogen-bond donors (Lipinski definition) is 0. The number of hydrogen-bond acceptors (Lipinski definition) is 0. The maximum Gasteiger partial charge on any atom is 0.155 e. The summed E-state index contributed by atoms with van der Waals surface area (Å²) in [5.74, 6) is -0.376. The first-order valence-electron chi connectivity index (χ1n) is 3.39. The third-order valence-corrected chi connectivity index (χ3v) is 3.08. The van der Waals surface area contributed by atoms with E-state index >= 15 is 0 Å². The fraction of sp³-hybridized carbons (Fsp3) is 0.250. The fourth-order valence-electron chi connectivity index (χ4n) is 0.928. The van der Waals surface area contributed by atoms with Crippen LogP contribution in [0.25, 0.3) is 0 Å². The monoisotopic (exact) mass is 318 g/mol. The van der Waals surface area contributed by atoms with Crippen molar-refractivity contribution in [2.24, 2.45) is 0 Å². The Morgan fingerprint density at radius 1 is 1.50 bits per heavy atom. The topological polar surface area (TPSA) is 0 Å². The average molecular weight is 319 g/mol. The molecule has 1 aromatic carbocycles. The van der Waals surface area contributed by atoms with Crippen LogP contribution in [0.4, 0.5) is 4.39 Å². The molecule has 0 aromatic heterocycles. The summed E-state index contributed by atoms with van der Waals surface area (Å²) in [5, 5.41) is 0.683. The Balaban J connectivity index is 3.40. The van der Waals surface area contributed by atoms with Crippen LogP contribution in [-0.2, 0) is 6.42 Å². The van der Waals surface area contributed by atoms with Crippen LogP contribution >= 0.6 is 45.8 Å². The summed E-state index contributed by atoms with van der Waals surface area (Å²) >= 11 is 13.5. The van der Waals surface area contributed by atoms with E-state index < -0.39 is 0 Å². The Morgan fingerprint density at radius 3 is 2.58 bits per heavy atom. The minimum atomic E-state index is -0.376. The van der Waals surface area contributed by atoms with Crippen LogP contribution in [0.1, 0.15) is 12.5 Å². The molecular formula is C8H6Cl2FI. The van der Waals surface area contributed by atoms with E-state index in [2.05, 4.69) is 0 Å². The highest BCUT2D eigenvalue weighted by Gasteiger charge is 2.12. The standard InChI is InChI=1S/C8H6Cl2FI/c1-2-4-5(9)3-6(12)8(11)7(4)10/h3H,2H2,1H3. The molecular weight excluding hydrogens is 313 g/mol. The third kappa shape index (κ3) is 1.86. The van der Waals surface area contributed by atoms with Gasteiger partial charge in [-0.15, -0.1) is 0 Å². The molecule has 1 aromatic rings. The van der Waals surface area contributed by atoms with Gasteiger partial charge in [0.2, 0.25) is 0 Å². The van der Waals surface area contributed by atoms with Gasteiger partial charge in [0.15, 0.2) is 5.82 Å². The molecule has 0 unspecified atom stereocenters. The molecule has 66 valence electrons. The molecule has 0 atom stereocenters. The smallest absolute Gasteiger partial charge is 0.155 e. The van der Waals surface area contributed by atoms with E-state index in [1.54, 1.807) is 6.07 Å². The zero-order valence-electron chi connectivity index (χ0n) is 6.30. The van der Waals surface area contributed by atoms with E-state index in [4.69, 9.17) is 23.2 Å². The lowest BCUT2D eigenvalue weighted by atomic mass is 10.2. The highest BCUT2D eigenvalue weighted by Crippen LogP contribution is 2.30. The van der Waals surface area contributed by atoms with Crippen LogP contribution in [0.15, 0.2) is 6.07 Å². The van der Waals surface area contributed by atoms with Gasteiger partial charge in [-0.05, 0) is 40.6 Å². The maximum absolute atomic E-state index is 13.2. The summed E-state index contributed by atoms with van der Waals surface area (Å²) in [5.41, 5.74) is 0.677. The number of rotatable bonds is 1. The van der Waals surface area contributed by atoms with Crippen molar-refractivity contribution < 1.29 is 4.39 Å². The summed E-state index contributed by atoms with van der Waals surface area (Å²) in [6, 6.07) is 1.59. The molecule has 0 heterocycles. The van der Waals surface area contributed by atoms with Gasteiger partial charge in [0, 0.05) is 5.02 Å². The van der Waals surface area contributed by atoms with Gasteiger partial charge in [-0.3, -0.25) is 0 Å². The van der Waals surface area contributed by atoms with Gasteiger partial charge >= 0.3 is 0 Å². The molecule has 0 saturated carbocycles. The Labute approximate surface area is 94.2 Å². The fourth-order valence-corrected chi connectivity index (χ4v) is 2.58. The van der Waals surface area contributed by atoms with Crippen molar-refractivity contribution in [1.82, 2.24) is 0 Å². The second-order valence-electron chi connectivity index (χ2n) is 2.30.